The maximum Gasteiger partial charge on any atom is 0.238 e. The fourth-order valence-corrected chi connectivity index (χ4v) is 3.23. The summed E-state index contributed by atoms with van der Waals surface area (Å²) in [5.74, 6) is 2.15. The third-order valence-corrected chi connectivity index (χ3v) is 4.67. The molecule has 29 heavy (non-hydrogen) atoms. The Kier molecular flexibility index (Phi) is 5.97. The molecule has 0 bridgehead atoms. The highest BCUT2D eigenvalue weighted by molar-refractivity contribution is 5.92. The summed E-state index contributed by atoms with van der Waals surface area (Å²) in [6.45, 7) is 3.55. The Bertz CT molecular complexity index is 928. The lowest BCUT2D eigenvalue weighted by Gasteiger charge is -2.34. The van der Waals surface area contributed by atoms with E-state index in [2.05, 4.69) is 25.1 Å². The van der Waals surface area contributed by atoms with Crippen molar-refractivity contribution in [3.63, 3.8) is 0 Å². The Balaban J connectivity index is 1.27. The number of piperazine rings is 1. The van der Waals surface area contributed by atoms with Gasteiger partial charge in [-0.2, -0.15) is 0 Å². The monoisotopic (exact) mass is 389 g/mol. The number of anilines is 2. The zero-order valence-corrected chi connectivity index (χ0v) is 16.1. The number of nitrogens with one attached hydrogen (secondary N) is 1. The molecule has 0 atom stereocenters. The predicted molar refractivity (Wildman–Crippen MR) is 112 cm³/mol. The van der Waals surface area contributed by atoms with Gasteiger partial charge in [-0.3, -0.25) is 9.69 Å². The number of hydrogen-bond donors (Lipinski definition) is 1. The van der Waals surface area contributed by atoms with Crippen molar-refractivity contribution in [3.8, 4) is 11.5 Å². The lowest BCUT2D eigenvalue weighted by atomic mass is 10.2. The largest absolute Gasteiger partial charge is 0.457 e. The van der Waals surface area contributed by atoms with E-state index in [-0.39, 0.29) is 5.91 Å². The van der Waals surface area contributed by atoms with Crippen molar-refractivity contribution in [2.45, 2.75) is 0 Å². The van der Waals surface area contributed by atoms with E-state index in [1.54, 1.807) is 12.4 Å². The Hall–Kier alpha value is -3.45. The average Bonchev–Trinajstić information content (AvgIpc) is 2.76. The van der Waals surface area contributed by atoms with Crippen molar-refractivity contribution < 1.29 is 9.53 Å². The van der Waals surface area contributed by atoms with Gasteiger partial charge in [-0.1, -0.05) is 24.3 Å². The summed E-state index contributed by atoms with van der Waals surface area (Å²) in [5.41, 5.74) is 0.722. The van der Waals surface area contributed by atoms with Crippen LogP contribution in [-0.4, -0.2) is 53.5 Å². The third-order valence-electron chi connectivity index (χ3n) is 4.67. The van der Waals surface area contributed by atoms with Crippen molar-refractivity contribution >= 4 is 17.5 Å². The zero-order valence-electron chi connectivity index (χ0n) is 16.1. The van der Waals surface area contributed by atoms with Gasteiger partial charge in [0.15, 0.2) is 0 Å². The number of rotatable bonds is 6. The van der Waals surface area contributed by atoms with Crippen molar-refractivity contribution in [1.82, 2.24) is 14.9 Å². The number of benzene rings is 2. The van der Waals surface area contributed by atoms with Crippen LogP contribution in [0.15, 0.2) is 73.1 Å². The molecule has 1 aliphatic heterocycles. The molecule has 0 unspecified atom stereocenters. The third kappa shape index (κ3) is 5.30. The van der Waals surface area contributed by atoms with Gasteiger partial charge in [0.2, 0.25) is 11.9 Å². The normalized spacial score (nSPS) is 14.4. The van der Waals surface area contributed by atoms with Crippen molar-refractivity contribution in [3.05, 3.63) is 73.1 Å². The Morgan fingerprint density at radius 1 is 0.897 bits per heavy atom. The summed E-state index contributed by atoms with van der Waals surface area (Å²) in [6, 6.07) is 18.8. The van der Waals surface area contributed by atoms with Gasteiger partial charge in [-0.25, -0.2) is 9.97 Å². The van der Waals surface area contributed by atoms with Gasteiger partial charge in [-0.05, 0) is 30.3 Å². The highest BCUT2D eigenvalue weighted by Crippen LogP contribution is 2.23. The number of carbonyl (C=O) groups excluding carboxylic acids is 1. The molecule has 148 valence electrons. The van der Waals surface area contributed by atoms with Gasteiger partial charge in [0.05, 0.1) is 6.54 Å². The molecule has 2 heterocycles. The van der Waals surface area contributed by atoms with E-state index in [9.17, 15) is 4.79 Å². The summed E-state index contributed by atoms with van der Waals surface area (Å²) >= 11 is 0. The van der Waals surface area contributed by atoms with E-state index < -0.39 is 0 Å². The second-order valence-electron chi connectivity index (χ2n) is 6.80. The van der Waals surface area contributed by atoms with Crippen LogP contribution >= 0.6 is 0 Å². The van der Waals surface area contributed by atoms with Gasteiger partial charge in [0.25, 0.3) is 0 Å². The molecular formula is C22H23N5O2. The van der Waals surface area contributed by atoms with Crippen LogP contribution in [-0.2, 0) is 4.79 Å². The van der Waals surface area contributed by atoms with Crippen LogP contribution in [0.25, 0.3) is 0 Å². The molecule has 1 saturated heterocycles. The molecule has 0 saturated carbocycles. The Morgan fingerprint density at radius 3 is 2.38 bits per heavy atom. The molecule has 7 nitrogen and oxygen atoms in total. The van der Waals surface area contributed by atoms with Crippen LogP contribution in [0, 0.1) is 0 Å². The molecule has 0 aliphatic carbocycles. The van der Waals surface area contributed by atoms with E-state index in [4.69, 9.17) is 4.74 Å². The van der Waals surface area contributed by atoms with E-state index in [0.29, 0.717) is 12.3 Å². The first-order valence-electron chi connectivity index (χ1n) is 9.63. The number of hydrogen-bond acceptors (Lipinski definition) is 6. The first kappa shape index (κ1) is 18.9. The zero-order chi connectivity index (χ0) is 19.9. The quantitative estimate of drug-likeness (QED) is 0.699. The minimum atomic E-state index is -0.0359. The summed E-state index contributed by atoms with van der Waals surface area (Å²) in [5, 5.41) is 2.96. The van der Waals surface area contributed by atoms with E-state index in [0.717, 1.165) is 43.6 Å². The smallest absolute Gasteiger partial charge is 0.238 e. The highest BCUT2D eigenvalue weighted by atomic mass is 16.5. The number of nitrogens with zero attached hydrogens (tertiary/aromatic N) is 4. The summed E-state index contributed by atoms with van der Waals surface area (Å²) in [6.07, 6.45) is 3.50. The molecule has 0 radical (unpaired) electrons. The molecule has 1 amide bonds. The molecule has 1 N–H and O–H groups in total. The first-order chi connectivity index (χ1) is 14.3. The van der Waals surface area contributed by atoms with Crippen molar-refractivity contribution in [2.24, 2.45) is 0 Å². The van der Waals surface area contributed by atoms with Crippen LogP contribution in [0.3, 0.4) is 0 Å². The maximum absolute atomic E-state index is 12.5. The van der Waals surface area contributed by atoms with Crippen LogP contribution in [0.5, 0.6) is 11.5 Å². The van der Waals surface area contributed by atoms with Gasteiger partial charge in [0, 0.05) is 50.3 Å². The topological polar surface area (TPSA) is 70.6 Å². The molecule has 7 heteroatoms. The van der Waals surface area contributed by atoms with Crippen LogP contribution in [0.4, 0.5) is 11.6 Å². The van der Waals surface area contributed by atoms with E-state index >= 15 is 0 Å². The predicted octanol–water partition coefficient (Wildman–Crippen LogP) is 3.03. The van der Waals surface area contributed by atoms with Crippen LogP contribution < -0.4 is 15.0 Å². The van der Waals surface area contributed by atoms with Crippen LogP contribution in [0.2, 0.25) is 0 Å². The van der Waals surface area contributed by atoms with E-state index in [1.807, 2.05) is 60.7 Å². The summed E-state index contributed by atoms with van der Waals surface area (Å²) in [4.78, 5) is 25.3. The SMILES string of the molecule is O=C(CN1CCN(c2ncccn2)CC1)Nc1cccc(Oc2ccccc2)c1. The molecule has 3 aromatic rings. The Labute approximate surface area is 170 Å². The number of para-hydroxylation sites is 1. The minimum Gasteiger partial charge on any atom is -0.457 e. The lowest BCUT2D eigenvalue weighted by Crippen LogP contribution is -2.49. The molecule has 4 rings (SSSR count). The number of amides is 1. The summed E-state index contributed by atoms with van der Waals surface area (Å²) < 4.78 is 5.83. The fourth-order valence-electron chi connectivity index (χ4n) is 3.23. The fraction of sp³-hybridized carbons (Fsp3) is 0.227. The molecule has 1 fully saturated rings. The van der Waals surface area contributed by atoms with Crippen molar-refractivity contribution in [2.75, 3.05) is 42.9 Å². The second-order valence-corrected chi connectivity index (χ2v) is 6.80. The maximum atomic E-state index is 12.5. The Morgan fingerprint density at radius 2 is 1.62 bits per heavy atom. The molecular weight excluding hydrogens is 366 g/mol. The lowest BCUT2D eigenvalue weighted by molar-refractivity contribution is -0.117. The molecule has 2 aromatic carbocycles. The van der Waals surface area contributed by atoms with Gasteiger partial charge < -0.3 is 15.0 Å². The molecule has 1 aliphatic rings. The molecule has 1 aromatic heterocycles. The van der Waals surface area contributed by atoms with Crippen LogP contribution in [0.1, 0.15) is 0 Å². The van der Waals surface area contributed by atoms with Crippen molar-refractivity contribution in [1.29, 1.82) is 0 Å². The first-order valence-corrected chi connectivity index (χ1v) is 9.63. The van der Waals surface area contributed by atoms with Gasteiger partial charge in [0.1, 0.15) is 11.5 Å². The number of ether oxygens (including phenoxy) is 1. The van der Waals surface area contributed by atoms with Gasteiger partial charge in [-0.15, -0.1) is 0 Å². The van der Waals surface area contributed by atoms with Gasteiger partial charge >= 0.3 is 0 Å². The highest BCUT2D eigenvalue weighted by Gasteiger charge is 2.20. The second kappa shape index (κ2) is 9.16. The average molecular weight is 389 g/mol. The standard InChI is InChI=1S/C22H23N5O2/c28-21(17-26-12-14-27(15-13-26)22-23-10-5-11-24-22)25-18-6-4-9-20(16-18)29-19-7-2-1-3-8-19/h1-11,16H,12-15,17H2,(H,25,28). The number of carbonyl (C=O) groups is 1. The minimum absolute atomic E-state index is 0.0359. The number of aromatic nitrogens is 2. The summed E-state index contributed by atoms with van der Waals surface area (Å²) in [7, 11) is 0. The van der Waals surface area contributed by atoms with E-state index in [1.165, 1.54) is 0 Å². The molecule has 0 spiro atoms.